The SMILES string of the molecule is COc1cccc(F)c1C(C)Nc1cc(F)cc(Cl)c1. The molecule has 1 atom stereocenters. The molecule has 0 spiro atoms. The van der Waals surface area contributed by atoms with Crippen molar-refractivity contribution in [3.63, 3.8) is 0 Å². The first-order valence-corrected chi connectivity index (χ1v) is 6.44. The molecule has 0 heterocycles. The number of anilines is 1. The van der Waals surface area contributed by atoms with Crippen molar-refractivity contribution in [2.45, 2.75) is 13.0 Å². The van der Waals surface area contributed by atoms with Crippen molar-refractivity contribution in [3.8, 4) is 5.75 Å². The summed E-state index contributed by atoms with van der Waals surface area (Å²) in [6, 6.07) is 8.29. The lowest BCUT2D eigenvalue weighted by molar-refractivity contribution is 0.402. The number of hydrogen-bond donors (Lipinski definition) is 1. The Morgan fingerprint density at radius 2 is 1.95 bits per heavy atom. The minimum atomic E-state index is -0.451. The number of rotatable bonds is 4. The fourth-order valence-electron chi connectivity index (χ4n) is 2.07. The molecular formula is C15H14ClF2NO. The second-order valence-electron chi connectivity index (χ2n) is 4.38. The van der Waals surface area contributed by atoms with Crippen LogP contribution in [0.5, 0.6) is 5.75 Å². The molecule has 0 aromatic heterocycles. The molecule has 0 saturated heterocycles. The van der Waals surface area contributed by atoms with Crippen molar-refractivity contribution in [2.75, 3.05) is 12.4 Å². The van der Waals surface area contributed by atoms with Crippen LogP contribution in [0.4, 0.5) is 14.5 Å². The van der Waals surface area contributed by atoms with Crippen LogP contribution in [0.3, 0.4) is 0 Å². The molecule has 20 heavy (non-hydrogen) atoms. The summed E-state index contributed by atoms with van der Waals surface area (Å²) >= 11 is 5.79. The zero-order valence-electron chi connectivity index (χ0n) is 11.1. The van der Waals surface area contributed by atoms with Gasteiger partial charge in [0.2, 0.25) is 0 Å². The summed E-state index contributed by atoms with van der Waals surface area (Å²) in [6.45, 7) is 1.76. The van der Waals surface area contributed by atoms with Crippen molar-refractivity contribution in [2.24, 2.45) is 0 Å². The van der Waals surface area contributed by atoms with Crippen LogP contribution in [0, 0.1) is 11.6 Å². The molecule has 2 aromatic carbocycles. The maximum absolute atomic E-state index is 13.9. The van der Waals surface area contributed by atoms with Crippen molar-refractivity contribution >= 4 is 17.3 Å². The van der Waals surface area contributed by atoms with Gasteiger partial charge >= 0.3 is 0 Å². The molecule has 2 nitrogen and oxygen atoms in total. The van der Waals surface area contributed by atoms with Crippen LogP contribution in [0.2, 0.25) is 5.02 Å². The first kappa shape index (κ1) is 14.6. The number of halogens is 3. The Kier molecular flexibility index (Phi) is 4.45. The van der Waals surface area contributed by atoms with Gasteiger partial charge < -0.3 is 10.1 Å². The molecule has 0 aliphatic carbocycles. The van der Waals surface area contributed by atoms with Gasteiger partial charge in [0.15, 0.2) is 0 Å². The monoisotopic (exact) mass is 297 g/mol. The van der Waals surface area contributed by atoms with E-state index >= 15 is 0 Å². The normalized spacial score (nSPS) is 12.1. The molecule has 0 aliphatic rings. The number of methoxy groups -OCH3 is 1. The van der Waals surface area contributed by atoms with Gasteiger partial charge in [0.25, 0.3) is 0 Å². The summed E-state index contributed by atoms with van der Waals surface area (Å²) in [4.78, 5) is 0. The molecule has 1 unspecified atom stereocenters. The van der Waals surface area contributed by atoms with Gasteiger partial charge in [-0.2, -0.15) is 0 Å². The summed E-state index contributed by atoms with van der Waals surface area (Å²) in [5, 5.41) is 3.29. The fourth-order valence-corrected chi connectivity index (χ4v) is 2.30. The Morgan fingerprint density at radius 1 is 1.20 bits per heavy atom. The Bertz CT molecular complexity index is 599. The second kappa shape index (κ2) is 6.09. The highest BCUT2D eigenvalue weighted by Gasteiger charge is 2.16. The minimum Gasteiger partial charge on any atom is -0.496 e. The lowest BCUT2D eigenvalue weighted by Gasteiger charge is -2.19. The van der Waals surface area contributed by atoms with E-state index < -0.39 is 11.9 Å². The summed E-state index contributed by atoms with van der Waals surface area (Å²) in [7, 11) is 1.48. The van der Waals surface area contributed by atoms with E-state index in [0.717, 1.165) is 0 Å². The van der Waals surface area contributed by atoms with Crippen molar-refractivity contribution in [3.05, 3.63) is 58.6 Å². The van der Waals surface area contributed by atoms with Crippen LogP contribution in [0.25, 0.3) is 0 Å². The average molecular weight is 298 g/mol. The maximum Gasteiger partial charge on any atom is 0.132 e. The smallest absolute Gasteiger partial charge is 0.132 e. The Morgan fingerprint density at radius 3 is 2.60 bits per heavy atom. The van der Waals surface area contributed by atoms with Gasteiger partial charge in [0.1, 0.15) is 17.4 Å². The lowest BCUT2D eigenvalue weighted by Crippen LogP contribution is -2.10. The summed E-state index contributed by atoms with van der Waals surface area (Å²) in [5.74, 6) is -0.396. The zero-order valence-corrected chi connectivity index (χ0v) is 11.8. The zero-order chi connectivity index (χ0) is 14.7. The van der Waals surface area contributed by atoms with Crippen LogP contribution >= 0.6 is 11.6 Å². The Labute approximate surface area is 121 Å². The lowest BCUT2D eigenvalue weighted by atomic mass is 10.1. The fraction of sp³-hybridized carbons (Fsp3) is 0.200. The van der Waals surface area contributed by atoms with Gasteiger partial charge in [0, 0.05) is 10.7 Å². The number of benzene rings is 2. The molecule has 0 saturated carbocycles. The van der Waals surface area contributed by atoms with E-state index in [9.17, 15) is 8.78 Å². The molecular weight excluding hydrogens is 284 g/mol. The highest BCUT2D eigenvalue weighted by molar-refractivity contribution is 6.30. The Hall–Kier alpha value is -1.81. The molecule has 0 amide bonds. The van der Waals surface area contributed by atoms with Crippen molar-refractivity contribution in [1.29, 1.82) is 0 Å². The highest BCUT2D eigenvalue weighted by Crippen LogP contribution is 2.30. The summed E-state index contributed by atoms with van der Waals surface area (Å²) in [5.41, 5.74) is 0.864. The van der Waals surface area contributed by atoms with E-state index in [1.54, 1.807) is 25.1 Å². The van der Waals surface area contributed by atoms with Gasteiger partial charge in [-0.3, -0.25) is 0 Å². The van der Waals surface area contributed by atoms with Crippen molar-refractivity contribution in [1.82, 2.24) is 0 Å². The highest BCUT2D eigenvalue weighted by atomic mass is 35.5. The molecule has 5 heteroatoms. The summed E-state index contributed by atoms with van der Waals surface area (Å²) in [6.07, 6.45) is 0. The number of nitrogens with one attached hydrogen (secondary N) is 1. The Balaban J connectivity index is 2.30. The number of ether oxygens (including phenoxy) is 1. The molecule has 1 N–H and O–H groups in total. The van der Waals surface area contributed by atoms with E-state index in [1.165, 1.54) is 25.3 Å². The van der Waals surface area contributed by atoms with E-state index in [4.69, 9.17) is 16.3 Å². The van der Waals surface area contributed by atoms with Gasteiger partial charge in [0.05, 0.1) is 18.7 Å². The van der Waals surface area contributed by atoms with Crippen molar-refractivity contribution < 1.29 is 13.5 Å². The average Bonchev–Trinajstić information content (AvgIpc) is 2.36. The van der Waals surface area contributed by atoms with E-state index in [2.05, 4.69) is 5.32 Å². The third kappa shape index (κ3) is 3.20. The van der Waals surface area contributed by atoms with E-state index in [1.807, 2.05) is 0 Å². The van der Waals surface area contributed by atoms with E-state index in [-0.39, 0.29) is 10.8 Å². The standard InChI is InChI=1S/C15H14ClF2NO/c1-9(15-13(18)4-3-5-14(15)20-2)19-12-7-10(16)6-11(17)8-12/h3-9,19H,1-2H3. The largest absolute Gasteiger partial charge is 0.496 e. The molecule has 2 aromatic rings. The van der Waals surface area contributed by atoms with Crippen LogP contribution < -0.4 is 10.1 Å². The van der Waals surface area contributed by atoms with Crippen LogP contribution in [-0.4, -0.2) is 7.11 Å². The second-order valence-corrected chi connectivity index (χ2v) is 4.82. The van der Waals surface area contributed by atoms with Crippen LogP contribution in [-0.2, 0) is 0 Å². The van der Waals surface area contributed by atoms with E-state index in [0.29, 0.717) is 17.0 Å². The molecule has 106 valence electrons. The molecule has 0 aliphatic heterocycles. The molecule has 0 fully saturated rings. The molecule has 0 bridgehead atoms. The third-order valence-corrected chi connectivity index (χ3v) is 3.13. The number of hydrogen-bond acceptors (Lipinski definition) is 2. The van der Waals surface area contributed by atoms with Gasteiger partial charge in [-0.1, -0.05) is 17.7 Å². The quantitative estimate of drug-likeness (QED) is 0.875. The summed E-state index contributed by atoms with van der Waals surface area (Å²) < 4.78 is 32.4. The van der Waals surface area contributed by atoms with Crippen LogP contribution in [0.1, 0.15) is 18.5 Å². The van der Waals surface area contributed by atoms with Gasteiger partial charge in [-0.05, 0) is 37.3 Å². The topological polar surface area (TPSA) is 21.3 Å². The van der Waals surface area contributed by atoms with Crippen LogP contribution in [0.15, 0.2) is 36.4 Å². The maximum atomic E-state index is 13.9. The molecule has 0 radical (unpaired) electrons. The molecule has 2 rings (SSSR count). The predicted molar refractivity (Wildman–Crippen MR) is 76.4 cm³/mol. The third-order valence-electron chi connectivity index (χ3n) is 2.91. The predicted octanol–water partition coefficient (Wildman–Crippen LogP) is 4.80. The first-order chi connectivity index (χ1) is 9.51. The van der Waals surface area contributed by atoms with Gasteiger partial charge in [-0.15, -0.1) is 0 Å². The minimum absolute atomic E-state index is 0.278. The van der Waals surface area contributed by atoms with Gasteiger partial charge in [-0.25, -0.2) is 8.78 Å². The first-order valence-electron chi connectivity index (χ1n) is 6.06.